The average Bonchev–Trinajstić information content (AvgIpc) is 3.20. The van der Waals surface area contributed by atoms with Gasteiger partial charge in [0.05, 0.1) is 11.1 Å². The third kappa shape index (κ3) is 7.01. The van der Waals surface area contributed by atoms with E-state index < -0.39 is 29.4 Å². The van der Waals surface area contributed by atoms with Gasteiger partial charge in [-0.25, -0.2) is 4.79 Å². The SMILES string of the molecule is CC1CN(C(=O)OC(C)(C)C)CCN1CCCCN1CCN(c2ccc3c(c2)C(=O)N(C2CCC(=O)NC2=O)C3=O)CC1. The maximum atomic E-state index is 13.2. The first-order chi connectivity index (χ1) is 20.4. The van der Waals surface area contributed by atoms with Crippen LogP contribution in [0.4, 0.5) is 10.5 Å². The Balaban J connectivity index is 1.05. The molecule has 12 heteroatoms. The van der Waals surface area contributed by atoms with E-state index in [2.05, 4.69) is 26.9 Å². The maximum Gasteiger partial charge on any atom is 0.410 e. The summed E-state index contributed by atoms with van der Waals surface area (Å²) in [6, 6.07) is 4.66. The van der Waals surface area contributed by atoms with Gasteiger partial charge in [0.2, 0.25) is 11.8 Å². The Bertz CT molecular complexity index is 1270. The van der Waals surface area contributed by atoms with Gasteiger partial charge in [0.15, 0.2) is 0 Å². The molecule has 1 N–H and O–H groups in total. The molecule has 4 heterocycles. The number of benzene rings is 1. The van der Waals surface area contributed by atoms with Crippen molar-refractivity contribution in [3.8, 4) is 0 Å². The smallest absolute Gasteiger partial charge is 0.410 e. The molecule has 5 rings (SSSR count). The summed E-state index contributed by atoms with van der Waals surface area (Å²) in [5, 5.41) is 2.23. The quantitative estimate of drug-likeness (QED) is 0.372. The number of unbranched alkanes of at least 4 members (excludes halogenated alkanes) is 1. The molecular formula is C31H44N6O6. The van der Waals surface area contributed by atoms with E-state index in [4.69, 9.17) is 4.74 Å². The number of carbonyl (C=O) groups is 5. The van der Waals surface area contributed by atoms with Gasteiger partial charge in [0.1, 0.15) is 11.6 Å². The van der Waals surface area contributed by atoms with E-state index in [0.717, 1.165) is 69.2 Å². The molecule has 3 saturated heterocycles. The van der Waals surface area contributed by atoms with Crippen LogP contribution in [0.25, 0.3) is 0 Å². The molecule has 4 aliphatic rings. The van der Waals surface area contributed by atoms with Crippen molar-refractivity contribution in [2.45, 2.75) is 71.1 Å². The van der Waals surface area contributed by atoms with Crippen LogP contribution in [-0.2, 0) is 14.3 Å². The van der Waals surface area contributed by atoms with Gasteiger partial charge in [-0.15, -0.1) is 0 Å². The van der Waals surface area contributed by atoms with E-state index in [1.165, 1.54) is 0 Å². The minimum Gasteiger partial charge on any atom is -0.444 e. The highest BCUT2D eigenvalue weighted by Crippen LogP contribution is 2.31. The number of fused-ring (bicyclic) bond motifs is 1. The first kappa shape index (κ1) is 30.9. The number of hydrogen-bond acceptors (Lipinski definition) is 9. The fraction of sp³-hybridized carbons (Fsp3) is 0.645. The number of hydrogen-bond donors (Lipinski definition) is 1. The molecule has 0 aliphatic carbocycles. The van der Waals surface area contributed by atoms with Crippen LogP contribution in [0, 0.1) is 0 Å². The summed E-state index contributed by atoms with van der Waals surface area (Å²) in [6.07, 6.45) is 2.22. The highest BCUT2D eigenvalue weighted by Gasteiger charge is 2.44. The van der Waals surface area contributed by atoms with E-state index in [9.17, 15) is 24.0 Å². The van der Waals surface area contributed by atoms with Crippen molar-refractivity contribution in [2.75, 3.05) is 63.8 Å². The second-order valence-corrected chi connectivity index (χ2v) is 13.0. The lowest BCUT2D eigenvalue weighted by Crippen LogP contribution is -2.54. The van der Waals surface area contributed by atoms with Gasteiger partial charge >= 0.3 is 6.09 Å². The highest BCUT2D eigenvalue weighted by atomic mass is 16.6. The lowest BCUT2D eigenvalue weighted by Gasteiger charge is -2.40. The second kappa shape index (κ2) is 12.6. The van der Waals surface area contributed by atoms with Crippen molar-refractivity contribution in [1.82, 2.24) is 24.9 Å². The zero-order valence-electron chi connectivity index (χ0n) is 25.8. The molecule has 0 bridgehead atoms. The van der Waals surface area contributed by atoms with Crippen molar-refractivity contribution in [3.63, 3.8) is 0 Å². The van der Waals surface area contributed by atoms with Crippen molar-refractivity contribution < 1.29 is 28.7 Å². The van der Waals surface area contributed by atoms with Crippen molar-refractivity contribution >= 4 is 35.4 Å². The molecule has 0 radical (unpaired) electrons. The Labute approximate surface area is 253 Å². The molecule has 1 aromatic carbocycles. The third-order valence-electron chi connectivity index (χ3n) is 8.75. The van der Waals surface area contributed by atoms with Gasteiger partial charge in [0, 0.05) is 64.0 Å². The predicted octanol–water partition coefficient (Wildman–Crippen LogP) is 1.93. The molecule has 2 unspecified atom stereocenters. The standard InChI is InChI=1S/C31H44N6O6/c1-21-20-36(30(42)43-31(2,3)4)18-17-34(21)12-6-5-11-33-13-15-35(16-14-33)22-7-8-23-24(19-22)29(41)37(28(23)40)25-9-10-26(38)32-27(25)39/h7-8,19,21,25H,5-6,9-18,20H2,1-4H3,(H,32,38,39). The van der Waals surface area contributed by atoms with Crippen molar-refractivity contribution in [1.29, 1.82) is 0 Å². The minimum atomic E-state index is -0.956. The van der Waals surface area contributed by atoms with Gasteiger partial charge in [0.25, 0.3) is 11.8 Å². The van der Waals surface area contributed by atoms with Gasteiger partial charge < -0.3 is 14.5 Å². The molecular weight excluding hydrogens is 552 g/mol. The summed E-state index contributed by atoms with van der Waals surface area (Å²) in [5.41, 5.74) is 1.03. The number of carbonyl (C=O) groups excluding carboxylic acids is 5. The lowest BCUT2D eigenvalue weighted by molar-refractivity contribution is -0.136. The zero-order chi connectivity index (χ0) is 30.9. The molecule has 4 aliphatic heterocycles. The van der Waals surface area contributed by atoms with E-state index in [0.29, 0.717) is 30.3 Å². The van der Waals surface area contributed by atoms with Gasteiger partial charge in [-0.1, -0.05) is 0 Å². The Hall–Kier alpha value is -3.51. The summed E-state index contributed by atoms with van der Waals surface area (Å²) in [7, 11) is 0. The van der Waals surface area contributed by atoms with Gasteiger partial charge in [-0.3, -0.25) is 39.2 Å². The number of rotatable bonds is 7. The lowest BCUT2D eigenvalue weighted by atomic mass is 10.0. The highest BCUT2D eigenvalue weighted by molar-refractivity contribution is 6.23. The van der Waals surface area contributed by atoms with E-state index in [1.54, 1.807) is 12.1 Å². The Morgan fingerprint density at radius 2 is 1.63 bits per heavy atom. The zero-order valence-corrected chi connectivity index (χ0v) is 25.8. The van der Waals surface area contributed by atoms with Crippen molar-refractivity contribution in [2.24, 2.45) is 0 Å². The second-order valence-electron chi connectivity index (χ2n) is 13.0. The fourth-order valence-electron chi connectivity index (χ4n) is 6.36. The van der Waals surface area contributed by atoms with Crippen LogP contribution < -0.4 is 10.2 Å². The van der Waals surface area contributed by atoms with Gasteiger partial charge in [-0.2, -0.15) is 0 Å². The van der Waals surface area contributed by atoms with Crippen LogP contribution in [0.5, 0.6) is 0 Å². The molecule has 234 valence electrons. The van der Waals surface area contributed by atoms with Crippen LogP contribution in [0.15, 0.2) is 18.2 Å². The molecule has 3 fully saturated rings. The monoisotopic (exact) mass is 596 g/mol. The van der Waals surface area contributed by atoms with Crippen LogP contribution in [0.3, 0.4) is 0 Å². The fourth-order valence-corrected chi connectivity index (χ4v) is 6.36. The van der Waals surface area contributed by atoms with E-state index >= 15 is 0 Å². The maximum absolute atomic E-state index is 13.2. The average molecular weight is 597 g/mol. The molecule has 43 heavy (non-hydrogen) atoms. The summed E-state index contributed by atoms with van der Waals surface area (Å²) >= 11 is 0. The summed E-state index contributed by atoms with van der Waals surface area (Å²) < 4.78 is 5.53. The first-order valence-electron chi connectivity index (χ1n) is 15.5. The van der Waals surface area contributed by atoms with E-state index in [1.807, 2.05) is 31.7 Å². The first-order valence-corrected chi connectivity index (χ1v) is 15.5. The normalized spacial score (nSPS) is 24.0. The summed E-state index contributed by atoms with van der Waals surface area (Å²) in [5.74, 6) is -1.94. The Morgan fingerprint density at radius 3 is 2.30 bits per heavy atom. The number of nitrogens with one attached hydrogen (secondary N) is 1. The van der Waals surface area contributed by atoms with Crippen LogP contribution in [-0.4, -0.2) is 126 Å². The Kier molecular flexibility index (Phi) is 9.07. The van der Waals surface area contributed by atoms with Crippen LogP contribution >= 0.6 is 0 Å². The molecule has 5 amide bonds. The van der Waals surface area contributed by atoms with Crippen LogP contribution in [0.2, 0.25) is 0 Å². The number of piperazine rings is 2. The van der Waals surface area contributed by atoms with Crippen LogP contribution in [0.1, 0.15) is 74.1 Å². The molecule has 2 atom stereocenters. The molecule has 0 aromatic heterocycles. The molecule has 0 spiro atoms. The van der Waals surface area contributed by atoms with E-state index in [-0.39, 0.29) is 24.8 Å². The topological polar surface area (TPSA) is 123 Å². The summed E-state index contributed by atoms with van der Waals surface area (Å²) in [4.78, 5) is 72.4. The molecule has 12 nitrogen and oxygen atoms in total. The van der Waals surface area contributed by atoms with Crippen molar-refractivity contribution in [3.05, 3.63) is 29.3 Å². The third-order valence-corrected chi connectivity index (χ3v) is 8.75. The number of piperidine rings is 1. The molecule has 0 saturated carbocycles. The number of ether oxygens (including phenoxy) is 1. The number of amides is 5. The Morgan fingerprint density at radius 1 is 0.930 bits per heavy atom. The number of imide groups is 2. The number of anilines is 1. The predicted molar refractivity (Wildman–Crippen MR) is 160 cm³/mol. The number of nitrogens with zero attached hydrogens (tertiary/aromatic N) is 5. The molecule has 1 aromatic rings. The largest absolute Gasteiger partial charge is 0.444 e. The van der Waals surface area contributed by atoms with Gasteiger partial charge in [-0.05, 0) is 78.2 Å². The summed E-state index contributed by atoms with van der Waals surface area (Å²) in [6.45, 7) is 15.6. The minimum absolute atomic E-state index is 0.102.